The van der Waals surface area contributed by atoms with E-state index in [1.165, 1.54) is 0 Å². The molecule has 0 aliphatic carbocycles. The number of amides is 6. The number of carbonyl (C=O) groups is 5. The Balaban J connectivity index is 0.849. The lowest BCUT2D eigenvalue weighted by molar-refractivity contribution is -0.136. The number of benzene rings is 2. The minimum atomic E-state index is -0.976. The van der Waals surface area contributed by atoms with Crippen LogP contribution in [0.4, 0.5) is 10.5 Å². The third-order valence-corrected chi connectivity index (χ3v) is 13.3. The van der Waals surface area contributed by atoms with E-state index in [1.807, 2.05) is 24.4 Å². The number of piperidine rings is 2. The van der Waals surface area contributed by atoms with Gasteiger partial charge in [-0.2, -0.15) is 0 Å². The van der Waals surface area contributed by atoms with Gasteiger partial charge in [-0.1, -0.05) is 0 Å². The minimum absolute atomic E-state index is 0.0910. The SMILES string of the molecule is CNC(=O)N1CCc2c(-c3cc(OC)c(CN4CCC(CCN5CCCN(c6ccc7c(c6)C(=O)N(C6CCC(=O)NC6=O)C7=O)CC5)CC4)c(OC)c3)cn(C)c(=O)c2C1. The highest BCUT2D eigenvalue weighted by atomic mass is 16.5. The lowest BCUT2D eigenvalue weighted by atomic mass is 9.91. The molecule has 5 aliphatic rings. The quantitative estimate of drug-likeness (QED) is 0.289. The van der Waals surface area contributed by atoms with Gasteiger partial charge < -0.3 is 34.1 Å². The van der Waals surface area contributed by atoms with Crippen molar-refractivity contribution in [3.63, 3.8) is 0 Å². The minimum Gasteiger partial charge on any atom is -0.496 e. The number of urea groups is 1. The van der Waals surface area contributed by atoms with Crippen molar-refractivity contribution in [2.45, 2.75) is 64.1 Å². The first-order valence-corrected chi connectivity index (χ1v) is 21.5. The molecule has 16 nitrogen and oxygen atoms in total. The molecule has 0 spiro atoms. The normalized spacial score (nSPS) is 20.3. The summed E-state index contributed by atoms with van der Waals surface area (Å²) in [7, 11) is 6.71. The van der Waals surface area contributed by atoms with Crippen molar-refractivity contribution in [3.8, 4) is 22.6 Å². The Kier molecular flexibility index (Phi) is 12.2. The molecule has 1 aromatic heterocycles. The van der Waals surface area contributed by atoms with E-state index < -0.39 is 29.7 Å². The second kappa shape index (κ2) is 17.7. The number of nitrogens with one attached hydrogen (secondary N) is 2. The molecular formula is C45H56N8O8. The second-order valence-corrected chi connectivity index (χ2v) is 16.9. The number of carbonyl (C=O) groups excluding carboxylic acids is 5. The maximum atomic E-state index is 13.4. The van der Waals surface area contributed by atoms with Crippen LogP contribution in [0.15, 0.2) is 41.3 Å². The molecule has 1 unspecified atom stereocenters. The number of rotatable bonds is 10. The summed E-state index contributed by atoms with van der Waals surface area (Å²) < 4.78 is 13.6. The van der Waals surface area contributed by atoms with Gasteiger partial charge in [0.25, 0.3) is 17.4 Å². The summed E-state index contributed by atoms with van der Waals surface area (Å²) in [5, 5.41) is 4.93. The van der Waals surface area contributed by atoms with Crippen molar-refractivity contribution in [1.82, 2.24) is 34.8 Å². The number of aromatic nitrogens is 1. The number of hydrogen-bond acceptors (Lipinski definition) is 11. The van der Waals surface area contributed by atoms with E-state index in [9.17, 15) is 28.8 Å². The molecule has 324 valence electrons. The monoisotopic (exact) mass is 836 g/mol. The maximum absolute atomic E-state index is 13.4. The van der Waals surface area contributed by atoms with Gasteiger partial charge in [-0.3, -0.25) is 39.1 Å². The van der Waals surface area contributed by atoms with Crippen LogP contribution in [0.2, 0.25) is 0 Å². The number of pyridine rings is 1. The van der Waals surface area contributed by atoms with Crippen LogP contribution in [0, 0.1) is 5.92 Å². The van der Waals surface area contributed by atoms with Crippen LogP contribution >= 0.6 is 0 Å². The molecule has 0 bridgehead atoms. The fourth-order valence-electron chi connectivity index (χ4n) is 9.81. The molecule has 1 atom stereocenters. The Morgan fingerprint density at radius 3 is 2.25 bits per heavy atom. The first-order valence-electron chi connectivity index (χ1n) is 21.5. The average Bonchev–Trinajstić information content (AvgIpc) is 3.39. The molecule has 16 heteroatoms. The molecular weight excluding hydrogens is 781 g/mol. The third kappa shape index (κ3) is 8.34. The Bertz CT molecular complexity index is 2280. The Morgan fingerprint density at radius 2 is 1.54 bits per heavy atom. The van der Waals surface area contributed by atoms with Gasteiger partial charge in [-0.05, 0) is 112 Å². The van der Waals surface area contributed by atoms with Crippen LogP contribution < -0.4 is 30.6 Å². The first-order chi connectivity index (χ1) is 29.5. The van der Waals surface area contributed by atoms with Gasteiger partial charge in [-0.25, -0.2) is 4.79 Å². The lowest BCUT2D eigenvalue weighted by Gasteiger charge is -2.34. The van der Waals surface area contributed by atoms with Gasteiger partial charge in [0.15, 0.2) is 0 Å². The van der Waals surface area contributed by atoms with E-state index in [4.69, 9.17) is 9.47 Å². The number of likely N-dealkylation sites (tertiary alicyclic amines) is 1. The summed E-state index contributed by atoms with van der Waals surface area (Å²) in [6.45, 7) is 8.00. The van der Waals surface area contributed by atoms with Gasteiger partial charge in [0.05, 0.1) is 37.5 Å². The fraction of sp³-hybridized carbons (Fsp3) is 0.511. The summed E-state index contributed by atoms with van der Waals surface area (Å²) >= 11 is 0. The Hall–Kier alpha value is -5.74. The molecule has 61 heavy (non-hydrogen) atoms. The van der Waals surface area contributed by atoms with E-state index >= 15 is 0 Å². The van der Waals surface area contributed by atoms with Crippen molar-refractivity contribution in [2.24, 2.45) is 13.0 Å². The number of aryl methyl sites for hydroxylation is 1. The van der Waals surface area contributed by atoms with E-state index in [0.29, 0.717) is 42.1 Å². The number of ether oxygens (including phenoxy) is 2. The molecule has 2 aromatic carbocycles. The number of imide groups is 2. The topological polar surface area (TPSA) is 166 Å². The maximum Gasteiger partial charge on any atom is 0.317 e. The van der Waals surface area contributed by atoms with Crippen LogP contribution in [0.1, 0.15) is 75.9 Å². The lowest BCUT2D eigenvalue weighted by Crippen LogP contribution is -2.54. The van der Waals surface area contributed by atoms with Crippen LogP contribution in [0.3, 0.4) is 0 Å². The molecule has 6 amide bonds. The smallest absolute Gasteiger partial charge is 0.317 e. The number of hydrogen-bond donors (Lipinski definition) is 2. The zero-order valence-electron chi connectivity index (χ0n) is 35.6. The van der Waals surface area contributed by atoms with E-state index in [0.717, 1.165) is 116 Å². The van der Waals surface area contributed by atoms with E-state index in [2.05, 4.69) is 25.3 Å². The summed E-state index contributed by atoms with van der Waals surface area (Å²) in [4.78, 5) is 86.4. The molecule has 3 fully saturated rings. The van der Waals surface area contributed by atoms with Gasteiger partial charge in [0.2, 0.25) is 11.8 Å². The highest BCUT2D eigenvalue weighted by Crippen LogP contribution is 2.39. The zero-order chi connectivity index (χ0) is 42.9. The van der Waals surface area contributed by atoms with Crippen molar-refractivity contribution >= 4 is 35.3 Å². The third-order valence-electron chi connectivity index (χ3n) is 13.3. The second-order valence-electron chi connectivity index (χ2n) is 16.9. The van der Waals surface area contributed by atoms with Crippen molar-refractivity contribution < 1.29 is 33.4 Å². The first kappa shape index (κ1) is 42.0. The predicted octanol–water partition coefficient (Wildman–Crippen LogP) is 2.98. The summed E-state index contributed by atoms with van der Waals surface area (Å²) in [6.07, 6.45) is 7.00. The van der Waals surface area contributed by atoms with Crippen LogP contribution in [-0.2, 0) is 36.1 Å². The van der Waals surface area contributed by atoms with Gasteiger partial charge in [0, 0.05) is 76.3 Å². The summed E-state index contributed by atoms with van der Waals surface area (Å²) in [5.74, 6) is 0.147. The Morgan fingerprint density at radius 1 is 0.803 bits per heavy atom. The highest BCUT2D eigenvalue weighted by Gasteiger charge is 2.45. The van der Waals surface area contributed by atoms with Crippen molar-refractivity contribution in [3.05, 3.63) is 74.7 Å². The molecule has 2 N–H and O–H groups in total. The predicted molar refractivity (Wildman–Crippen MR) is 228 cm³/mol. The van der Waals surface area contributed by atoms with Crippen LogP contribution in [0.25, 0.3) is 11.1 Å². The number of anilines is 1. The number of nitrogens with zero attached hydrogens (tertiary/aromatic N) is 6. The molecule has 3 aromatic rings. The standard InChI is InChI=1S/C45H56N8O8/c1-46-45(59)52-19-13-31-34(25-48(2)42(56)35(31)27-52)29-22-38(60-3)36(39(23-29)61-4)26-50-17-11-28(12-18-50)10-16-49-14-5-15-51(21-20-49)30-6-7-32-33(24-30)44(58)53(43(32)57)37-8-9-40(54)47-41(37)55/h6-7,22-25,28,37H,5,8-21,26-27H2,1-4H3,(H,46,59)(H,47,54,55). The molecule has 6 heterocycles. The van der Waals surface area contributed by atoms with E-state index in [1.54, 1.807) is 49.9 Å². The summed E-state index contributed by atoms with van der Waals surface area (Å²) in [5.41, 5.74) is 5.83. The largest absolute Gasteiger partial charge is 0.496 e. The van der Waals surface area contributed by atoms with Gasteiger partial charge in [0.1, 0.15) is 17.5 Å². The van der Waals surface area contributed by atoms with E-state index in [-0.39, 0.29) is 31.0 Å². The molecule has 5 aliphatic heterocycles. The highest BCUT2D eigenvalue weighted by molar-refractivity contribution is 6.23. The summed E-state index contributed by atoms with van der Waals surface area (Å²) in [6, 6.07) is 8.29. The Labute approximate surface area is 355 Å². The molecule has 3 saturated heterocycles. The van der Waals surface area contributed by atoms with Gasteiger partial charge >= 0.3 is 6.03 Å². The fourth-order valence-corrected chi connectivity index (χ4v) is 9.81. The van der Waals surface area contributed by atoms with Crippen LogP contribution in [-0.4, -0.2) is 133 Å². The average molecular weight is 837 g/mol. The van der Waals surface area contributed by atoms with Gasteiger partial charge in [-0.15, -0.1) is 0 Å². The number of fused-ring (bicyclic) bond motifs is 2. The van der Waals surface area contributed by atoms with Crippen molar-refractivity contribution in [1.29, 1.82) is 0 Å². The molecule has 8 rings (SSSR count). The molecule has 0 radical (unpaired) electrons. The van der Waals surface area contributed by atoms with Crippen molar-refractivity contribution in [2.75, 3.05) is 78.5 Å². The number of methoxy groups -OCH3 is 2. The zero-order valence-corrected chi connectivity index (χ0v) is 35.6. The molecule has 0 saturated carbocycles. The van der Waals surface area contributed by atoms with Crippen LogP contribution in [0.5, 0.6) is 11.5 Å².